The van der Waals surface area contributed by atoms with Crippen LogP contribution in [0.3, 0.4) is 0 Å². The summed E-state index contributed by atoms with van der Waals surface area (Å²) < 4.78 is 0. The maximum absolute atomic E-state index is 2.39. The van der Waals surface area contributed by atoms with E-state index >= 15 is 0 Å². The highest BCUT2D eigenvalue weighted by Crippen LogP contribution is 2.35. The highest BCUT2D eigenvalue weighted by molar-refractivity contribution is 5.90. The highest BCUT2D eigenvalue weighted by atomic mass is 14.2. The monoisotopic (exact) mass is 248 g/mol. The lowest BCUT2D eigenvalue weighted by molar-refractivity contribution is 0.907. The molecule has 1 aliphatic rings. The third-order valence-corrected chi connectivity index (χ3v) is 4.02. The van der Waals surface area contributed by atoms with Gasteiger partial charge in [-0.2, -0.15) is 0 Å². The molecular formula is C19H20. The van der Waals surface area contributed by atoms with Crippen molar-refractivity contribution in [2.75, 3.05) is 0 Å². The van der Waals surface area contributed by atoms with Gasteiger partial charge in [-0.15, -0.1) is 0 Å². The smallest absolute Gasteiger partial charge is 0.00108 e. The molecule has 0 aromatic heterocycles. The van der Waals surface area contributed by atoms with Gasteiger partial charge in [0.15, 0.2) is 0 Å². The lowest BCUT2D eigenvalue weighted by Crippen LogP contribution is -1.96. The summed E-state index contributed by atoms with van der Waals surface area (Å²) in [5, 5.41) is 0. The highest BCUT2D eigenvalue weighted by Gasteiger charge is 2.18. The van der Waals surface area contributed by atoms with E-state index in [1.165, 1.54) is 40.7 Å². The second-order valence-corrected chi connectivity index (χ2v) is 5.40. The topological polar surface area (TPSA) is 0 Å². The van der Waals surface area contributed by atoms with Crippen LogP contribution in [0.25, 0.3) is 11.6 Å². The molecule has 2 aromatic carbocycles. The molecule has 0 radical (unpaired) electrons. The van der Waals surface area contributed by atoms with E-state index < -0.39 is 0 Å². The van der Waals surface area contributed by atoms with Gasteiger partial charge in [-0.3, -0.25) is 0 Å². The van der Waals surface area contributed by atoms with Crippen LogP contribution in [-0.2, 0) is 12.8 Å². The van der Waals surface area contributed by atoms with Gasteiger partial charge in [0.1, 0.15) is 0 Å². The Hall–Kier alpha value is -1.82. The molecule has 0 heteroatoms. The number of aryl methyl sites for hydroxylation is 2. The van der Waals surface area contributed by atoms with E-state index in [4.69, 9.17) is 0 Å². The molecule has 0 N–H and O–H groups in total. The Labute approximate surface area is 115 Å². The number of benzene rings is 2. The minimum atomic E-state index is 1.09. The SMILES string of the molecule is CCCc1ccc(C)c2c1CC(c1ccccc1)=C2. The van der Waals surface area contributed by atoms with Gasteiger partial charge in [0, 0.05) is 0 Å². The van der Waals surface area contributed by atoms with E-state index in [9.17, 15) is 0 Å². The van der Waals surface area contributed by atoms with Crippen LogP contribution in [0, 0.1) is 6.92 Å². The lowest BCUT2D eigenvalue weighted by atomic mass is 9.95. The molecule has 0 saturated carbocycles. The van der Waals surface area contributed by atoms with Crippen molar-refractivity contribution in [3.8, 4) is 0 Å². The first-order valence-electron chi connectivity index (χ1n) is 7.17. The second-order valence-electron chi connectivity index (χ2n) is 5.40. The number of allylic oxidation sites excluding steroid dienone is 1. The molecule has 0 nitrogen and oxygen atoms in total. The Kier molecular flexibility index (Phi) is 3.25. The number of fused-ring (bicyclic) bond motifs is 1. The zero-order valence-corrected chi connectivity index (χ0v) is 11.7. The zero-order chi connectivity index (χ0) is 13.2. The van der Waals surface area contributed by atoms with Crippen molar-refractivity contribution in [3.05, 3.63) is 70.3 Å². The van der Waals surface area contributed by atoms with Gasteiger partial charge >= 0.3 is 0 Å². The summed E-state index contributed by atoms with van der Waals surface area (Å²) in [5.41, 5.74) is 8.78. The predicted molar refractivity (Wildman–Crippen MR) is 83.2 cm³/mol. The van der Waals surface area contributed by atoms with Gasteiger partial charge in [-0.05, 0) is 53.2 Å². The fourth-order valence-electron chi connectivity index (χ4n) is 2.99. The van der Waals surface area contributed by atoms with Crippen molar-refractivity contribution in [1.29, 1.82) is 0 Å². The first-order valence-corrected chi connectivity index (χ1v) is 7.17. The van der Waals surface area contributed by atoms with E-state index in [1.54, 1.807) is 5.56 Å². The zero-order valence-electron chi connectivity index (χ0n) is 11.7. The second kappa shape index (κ2) is 5.05. The van der Waals surface area contributed by atoms with E-state index in [-0.39, 0.29) is 0 Å². The van der Waals surface area contributed by atoms with Gasteiger partial charge in [0.2, 0.25) is 0 Å². The molecule has 0 fully saturated rings. The Balaban J connectivity index is 2.02. The fraction of sp³-hybridized carbons (Fsp3) is 0.263. The average Bonchev–Trinajstić information content (AvgIpc) is 2.89. The van der Waals surface area contributed by atoms with Crippen LogP contribution >= 0.6 is 0 Å². The largest absolute Gasteiger partial charge is 0.0651 e. The molecule has 1 aliphatic carbocycles. The predicted octanol–water partition coefficient (Wildman–Crippen LogP) is 5.04. The molecule has 0 saturated heterocycles. The van der Waals surface area contributed by atoms with Crippen molar-refractivity contribution >= 4 is 11.6 Å². The first-order chi connectivity index (χ1) is 9.29. The summed E-state index contributed by atoms with van der Waals surface area (Å²) in [6, 6.07) is 15.4. The standard InChI is InChI=1S/C19H20/c1-3-7-16-11-10-14(2)18-12-17(13-19(16)18)15-8-5-4-6-9-15/h4-6,8-12H,3,7,13H2,1-2H3. The third kappa shape index (κ3) is 2.23. The molecule has 19 heavy (non-hydrogen) atoms. The Morgan fingerprint density at radius 3 is 2.53 bits per heavy atom. The van der Waals surface area contributed by atoms with E-state index in [2.05, 4.69) is 62.4 Å². The number of hydrogen-bond acceptors (Lipinski definition) is 0. The van der Waals surface area contributed by atoms with E-state index in [1.807, 2.05) is 0 Å². The average molecular weight is 248 g/mol. The maximum Gasteiger partial charge on any atom is -0.00108 e. The van der Waals surface area contributed by atoms with Gasteiger partial charge < -0.3 is 0 Å². The van der Waals surface area contributed by atoms with Crippen LogP contribution in [-0.4, -0.2) is 0 Å². The molecule has 0 aliphatic heterocycles. The fourth-order valence-corrected chi connectivity index (χ4v) is 2.99. The van der Waals surface area contributed by atoms with Crippen LogP contribution in [0.15, 0.2) is 42.5 Å². The molecule has 0 heterocycles. The molecule has 0 amide bonds. The third-order valence-electron chi connectivity index (χ3n) is 4.02. The van der Waals surface area contributed by atoms with Gasteiger partial charge in [0.05, 0.1) is 0 Å². The van der Waals surface area contributed by atoms with Crippen LogP contribution in [0.5, 0.6) is 0 Å². The van der Waals surface area contributed by atoms with Crippen molar-refractivity contribution < 1.29 is 0 Å². The van der Waals surface area contributed by atoms with E-state index in [0.717, 1.165) is 6.42 Å². The van der Waals surface area contributed by atoms with Crippen molar-refractivity contribution in [2.24, 2.45) is 0 Å². The molecule has 0 bridgehead atoms. The lowest BCUT2D eigenvalue weighted by Gasteiger charge is -2.10. The Morgan fingerprint density at radius 1 is 1.00 bits per heavy atom. The summed E-state index contributed by atoms with van der Waals surface area (Å²) in [6.07, 6.45) is 5.89. The molecule has 3 rings (SSSR count). The normalized spacial score (nSPS) is 13.3. The van der Waals surface area contributed by atoms with Crippen LogP contribution < -0.4 is 0 Å². The number of rotatable bonds is 3. The van der Waals surface area contributed by atoms with Gasteiger partial charge in [0.25, 0.3) is 0 Å². The molecule has 0 atom stereocenters. The molecular weight excluding hydrogens is 228 g/mol. The minimum Gasteiger partial charge on any atom is -0.0651 e. The van der Waals surface area contributed by atoms with Crippen molar-refractivity contribution in [1.82, 2.24) is 0 Å². The van der Waals surface area contributed by atoms with E-state index in [0.29, 0.717) is 0 Å². The molecule has 2 aromatic rings. The van der Waals surface area contributed by atoms with Crippen LogP contribution in [0.2, 0.25) is 0 Å². The van der Waals surface area contributed by atoms with Gasteiger partial charge in [-0.25, -0.2) is 0 Å². The number of hydrogen-bond donors (Lipinski definition) is 0. The van der Waals surface area contributed by atoms with Gasteiger partial charge in [-0.1, -0.05) is 61.9 Å². The van der Waals surface area contributed by atoms with Crippen molar-refractivity contribution in [2.45, 2.75) is 33.1 Å². The Morgan fingerprint density at radius 2 is 1.79 bits per heavy atom. The summed E-state index contributed by atoms with van der Waals surface area (Å²) in [5.74, 6) is 0. The molecule has 0 unspecified atom stereocenters. The minimum absolute atomic E-state index is 1.09. The van der Waals surface area contributed by atoms with Crippen molar-refractivity contribution in [3.63, 3.8) is 0 Å². The van der Waals surface area contributed by atoms with Crippen LogP contribution in [0.4, 0.5) is 0 Å². The molecule has 96 valence electrons. The summed E-state index contributed by atoms with van der Waals surface area (Å²) in [7, 11) is 0. The maximum atomic E-state index is 2.39. The summed E-state index contributed by atoms with van der Waals surface area (Å²) in [4.78, 5) is 0. The quantitative estimate of drug-likeness (QED) is 0.713. The van der Waals surface area contributed by atoms with Crippen LogP contribution in [0.1, 0.15) is 41.2 Å². The summed E-state index contributed by atoms with van der Waals surface area (Å²) in [6.45, 7) is 4.48. The first kappa shape index (κ1) is 12.2. The summed E-state index contributed by atoms with van der Waals surface area (Å²) >= 11 is 0. The Bertz CT molecular complexity index is 618. The molecule has 0 spiro atoms.